The van der Waals surface area contributed by atoms with E-state index in [2.05, 4.69) is 28.4 Å². The molecule has 12 heteroatoms. The summed E-state index contributed by atoms with van der Waals surface area (Å²) < 4.78 is 0. The number of nitrogens with one attached hydrogen (secondary N) is 3. The number of hydrogen-bond donors (Lipinski definition) is 6. The van der Waals surface area contributed by atoms with Crippen molar-refractivity contribution in [3.8, 4) is 0 Å². The van der Waals surface area contributed by atoms with Gasteiger partial charge in [0.15, 0.2) is 0 Å². The van der Waals surface area contributed by atoms with Crippen molar-refractivity contribution in [1.82, 2.24) is 25.3 Å². The van der Waals surface area contributed by atoms with E-state index in [0.29, 0.717) is 23.3 Å². The second-order valence-electron chi connectivity index (χ2n) is 12.8. The lowest BCUT2D eigenvalue weighted by atomic mass is 9.87. The van der Waals surface area contributed by atoms with Crippen LogP contribution in [0.2, 0.25) is 0 Å². The van der Waals surface area contributed by atoms with Crippen molar-refractivity contribution >= 4 is 63.1 Å². The van der Waals surface area contributed by atoms with Crippen molar-refractivity contribution in [2.45, 2.75) is 77.7 Å². The van der Waals surface area contributed by atoms with Crippen LogP contribution in [0.1, 0.15) is 96.4 Å². The number of carbonyl (C=O) groups is 4. The lowest BCUT2D eigenvalue weighted by molar-refractivity contribution is -0.147. The van der Waals surface area contributed by atoms with E-state index >= 15 is 0 Å². The number of rotatable bonds is 12. The van der Waals surface area contributed by atoms with E-state index in [1.165, 1.54) is 0 Å². The molecule has 5 rings (SSSR count). The Morgan fingerprint density at radius 2 is 1.50 bits per heavy atom. The van der Waals surface area contributed by atoms with Crippen LogP contribution in [-0.4, -0.2) is 65.1 Å². The highest BCUT2D eigenvalue weighted by Gasteiger charge is 2.30. The Balaban J connectivity index is 1.76. The smallest absolute Gasteiger partial charge is 0.326 e. The third-order valence-corrected chi connectivity index (χ3v) is 9.67. The van der Waals surface area contributed by atoms with Gasteiger partial charge in [-0.25, -0.2) is 9.78 Å². The minimum absolute atomic E-state index is 0.0399. The Labute approximate surface area is 288 Å². The van der Waals surface area contributed by atoms with Gasteiger partial charge in [0.25, 0.3) is 0 Å². The zero-order chi connectivity index (χ0) is 36.4. The monoisotopic (exact) mass is 679 g/mol. The minimum Gasteiger partial charge on any atom is -0.481 e. The lowest BCUT2D eigenvalue weighted by Crippen LogP contribution is -2.42. The van der Waals surface area contributed by atoms with Crippen LogP contribution in [0.4, 0.5) is 0 Å². The molecular weight excluding hydrogens is 638 g/mol. The maximum absolute atomic E-state index is 12.9. The molecule has 0 fully saturated rings. The third-order valence-electron chi connectivity index (χ3n) is 9.67. The highest BCUT2D eigenvalue weighted by molar-refractivity contribution is 5.97. The molecule has 6 N–H and O–H groups in total. The highest BCUT2D eigenvalue weighted by Crippen LogP contribution is 2.40. The average Bonchev–Trinajstić information content (AvgIpc) is 3.71. The molecule has 5 heterocycles. The molecule has 0 aromatic carbocycles. The predicted molar refractivity (Wildman–Crippen MR) is 191 cm³/mol. The summed E-state index contributed by atoms with van der Waals surface area (Å²) in [6, 6.07) is 6.24. The zero-order valence-electron chi connectivity index (χ0n) is 28.5. The summed E-state index contributed by atoms with van der Waals surface area (Å²) in [6.07, 6.45) is 3.24. The van der Waals surface area contributed by atoms with Crippen LogP contribution < -0.4 is 5.32 Å². The number of nitrogens with zero attached hydrogens (tertiary/aromatic N) is 2. The highest BCUT2D eigenvalue weighted by atomic mass is 16.4. The van der Waals surface area contributed by atoms with Crippen LogP contribution in [0.3, 0.4) is 0 Å². The molecule has 0 aliphatic carbocycles. The van der Waals surface area contributed by atoms with Crippen LogP contribution in [0.25, 0.3) is 39.3 Å². The summed E-state index contributed by atoms with van der Waals surface area (Å²) in [6.45, 7) is 16.0. The number of allylic oxidation sites excluding steroid dienone is 3. The van der Waals surface area contributed by atoms with E-state index in [1.54, 1.807) is 6.08 Å². The average molecular weight is 680 g/mol. The molecular formula is C38H41N5O7. The molecule has 50 heavy (non-hydrogen) atoms. The van der Waals surface area contributed by atoms with Crippen LogP contribution in [0.5, 0.6) is 0 Å². The number of aromatic nitrogens is 4. The van der Waals surface area contributed by atoms with Crippen molar-refractivity contribution in [1.29, 1.82) is 0 Å². The van der Waals surface area contributed by atoms with Crippen LogP contribution >= 0.6 is 0 Å². The summed E-state index contributed by atoms with van der Waals surface area (Å²) >= 11 is 0. The number of H-pyrrole nitrogens is 2. The maximum atomic E-state index is 12.9. The van der Waals surface area contributed by atoms with Crippen molar-refractivity contribution in [3.05, 3.63) is 88.5 Å². The molecule has 2 aliphatic heterocycles. The van der Waals surface area contributed by atoms with E-state index < -0.39 is 36.3 Å². The Kier molecular flexibility index (Phi) is 10.2. The fourth-order valence-electron chi connectivity index (χ4n) is 6.78. The Hall–Kier alpha value is -5.78. The van der Waals surface area contributed by atoms with Crippen LogP contribution in [0, 0.1) is 13.8 Å². The summed E-state index contributed by atoms with van der Waals surface area (Å²) in [5.74, 6) is -4.59. The fourth-order valence-corrected chi connectivity index (χ4v) is 6.78. The Morgan fingerprint density at radius 3 is 2.14 bits per heavy atom. The van der Waals surface area contributed by atoms with Gasteiger partial charge in [0.05, 0.1) is 17.8 Å². The number of hydrogen-bond acceptors (Lipinski definition) is 6. The van der Waals surface area contributed by atoms with E-state index in [4.69, 9.17) is 15.1 Å². The SMILES string of the molecule is C=CC1=C(C)c2cc3[nH]c(cc4nc(cc5[nH]c(cc1n2)c(C)c5CCC(=O)NC(CC(=O)O)C(=O)O)C(CCC(=O)O)C4C)c(C)c3C=C. The Morgan fingerprint density at radius 1 is 0.840 bits per heavy atom. The van der Waals surface area contributed by atoms with Crippen LogP contribution in [0.15, 0.2) is 43.5 Å². The first-order valence-electron chi connectivity index (χ1n) is 16.4. The zero-order valence-corrected chi connectivity index (χ0v) is 28.5. The number of aromatic amines is 2. The standard InChI is InChI=1S/C38H41N5O7/c1-7-22-18(3)26-13-27-21(6)25(10-12-36(45)46)33(41-27)16-32-24(9-11-35(44)43-34(38(49)50)17-37(47)48)20(5)29(42-32)15-31-23(8-2)19(4)28(40-31)14-30(22)39-26/h7-8,13-16,21,25,34,39,42H,1-2,9-12,17H2,3-6H3,(H,43,44)(H,45,46)(H,47,48)(H,49,50). The van der Waals surface area contributed by atoms with Crippen molar-refractivity contribution in [2.75, 3.05) is 0 Å². The van der Waals surface area contributed by atoms with Crippen molar-refractivity contribution in [2.24, 2.45) is 0 Å². The number of aliphatic carboxylic acids is 3. The van der Waals surface area contributed by atoms with Gasteiger partial charge in [-0.1, -0.05) is 32.2 Å². The first-order valence-corrected chi connectivity index (χ1v) is 16.4. The van der Waals surface area contributed by atoms with E-state index in [0.717, 1.165) is 61.3 Å². The first kappa shape index (κ1) is 35.5. The van der Waals surface area contributed by atoms with Gasteiger partial charge in [-0.05, 0) is 80.1 Å². The van der Waals surface area contributed by atoms with Gasteiger partial charge in [0.1, 0.15) is 6.04 Å². The van der Waals surface area contributed by atoms with Gasteiger partial charge in [0, 0.05) is 69.3 Å². The number of carboxylic acid groups (broad SMARTS) is 3. The number of carbonyl (C=O) groups excluding carboxylic acids is 1. The lowest BCUT2D eigenvalue weighted by Gasteiger charge is -2.14. The number of aryl methyl sites for hydroxylation is 3. The molecule has 2 aliphatic rings. The maximum Gasteiger partial charge on any atom is 0.326 e. The molecule has 8 bridgehead atoms. The molecule has 3 aromatic heterocycles. The molecule has 3 unspecified atom stereocenters. The van der Waals surface area contributed by atoms with E-state index in [9.17, 15) is 29.4 Å². The van der Waals surface area contributed by atoms with Gasteiger partial charge in [-0.3, -0.25) is 19.4 Å². The van der Waals surface area contributed by atoms with E-state index in [1.807, 2.05) is 58.0 Å². The molecule has 260 valence electrons. The summed E-state index contributed by atoms with van der Waals surface area (Å²) in [7, 11) is 0. The quantitative estimate of drug-likeness (QED) is 0.125. The third kappa shape index (κ3) is 7.14. The predicted octanol–water partition coefficient (Wildman–Crippen LogP) is 6.42. The topological polar surface area (TPSA) is 198 Å². The Bertz CT molecular complexity index is 2140. The molecule has 0 saturated carbocycles. The molecule has 3 aromatic rings. The second-order valence-corrected chi connectivity index (χ2v) is 12.8. The van der Waals surface area contributed by atoms with Gasteiger partial charge in [0.2, 0.25) is 5.91 Å². The molecule has 3 atom stereocenters. The number of amides is 1. The molecule has 1 amide bonds. The fraction of sp³-hybridized carbons (Fsp3) is 0.316. The van der Waals surface area contributed by atoms with Gasteiger partial charge in [-0.2, -0.15) is 0 Å². The summed E-state index contributed by atoms with van der Waals surface area (Å²) in [4.78, 5) is 64.3. The molecule has 0 radical (unpaired) electrons. The largest absolute Gasteiger partial charge is 0.481 e. The minimum atomic E-state index is -1.56. The molecule has 12 nitrogen and oxygen atoms in total. The van der Waals surface area contributed by atoms with Crippen molar-refractivity contribution in [3.63, 3.8) is 0 Å². The first-order chi connectivity index (χ1) is 23.7. The van der Waals surface area contributed by atoms with E-state index in [-0.39, 0.29) is 31.1 Å². The molecule has 0 spiro atoms. The number of fused-ring (bicyclic) bond motifs is 8. The van der Waals surface area contributed by atoms with Gasteiger partial charge < -0.3 is 30.6 Å². The normalized spacial score (nSPS) is 16.2. The summed E-state index contributed by atoms with van der Waals surface area (Å²) in [5.41, 5.74) is 11.4. The van der Waals surface area contributed by atoms with Gasteiger partial charge >= 0.3 is 17.9 Å². The molecule has 0 saturated heterocycles. The van der Waals surface area contributed by atoms with Crippen LogP contribution in [-0.2, 0) is 25.6 Å². The second kappa shape index (κ2) is 14.4. The summed E-state index contributed by atoms with van der Waals surface area (Å²) in [5, 5.41) is 30.4. The number of carboxylic acids is 3. The van der Waals surface area contributed by atoms with Crippen molar-refractivity contribution < 1.29 is 34.5 Å². The van der Waals surface area contributed by atoms with Gasteiger partial charge in [-0.15, -0.1) is 0 Å².